The molecular weight excluding hydrogens is 288 g/mol. The second-order valence-corrected chi connectivity index (χ2v) is 5.70. The molecule has 3 rings (SSSR count). The lowest BCUT2D eigenvalue weighted by molar-refractivity contribution is 0.0951. The summed E-state index contributed by atoms with van der Waals surface area (Å²) in [4.78, 5) is 13.4. The van der Waals surface area contributed by atoms with Crippen molar-refractivity contribution in [1.82, 2.24) is 5.32 Å². The Hall–Kier alpha value is -2.21. The molecule has 0 aliphatic carbocycles. The molecule has 1 amide bonds. The fourth-order valence-electron chi connectivity index (χ4n) is 2.25. The summed E-state index contributed by atoms with van der Waals surface area (Å²) in [5.41, 5.74) is 7.97. The number of anilines is 1. The number of carbonyl (C=O) groups excluding carboxylic acids is 1. The van der Waals surface area contributed by atoms with Crippen LogP contribution < -0.4 is 20.5 Å². The molecule has 3 N–H and O–H groups in total. The Kier molecular flexibility index (Phi) is 3.70. The van der Waals surface area contributed by atoms with Gasteiger partial charge in [0.1, 0.15) is 0 Å². The van der Waals surface area contributed by atoms with E-state index in [4.69, 9.17) is 15.2 Å². The lowest BCUT2D eigenvalue weighted by Crippen LogP contribution is -2.23. The van der Waals surface area contributed by atoms with Gasteiger partial charge in [-0.1, -0.05) is 6.92 Å². The van der Waals surface area contributed by atoms with Gasteiger partial charge in [-0.15, -0.1) is 11.3 Å². The van der Waals surface area contributed by atoms with Gasteiger partial charge in [0.05, 0.1) is 12.1 Å². The third-order valence-electron chi connectivity index (χ3n) is 3.42. The van der Waals surface area contributed by atoms with Gasteiger partial charge in [0.2, 0.25) is 6.79 Å². The fraction of sp³-hybridized carbons (Fsp3) is 0.267. The number of carbonyl (C=O) groups is 1. The molecule has 21 heavy (non-hydrogen) atoms. The lowest BCUT2D eigenvalue weighted by Gasteiger charge is -2.09. The van der Waals surface area contributed by atoms with Crippen molar-refractivity contribution >= 4 is 22.9 Å². The predicted molar refractivity (Wildman–Crippen MR) is 81.8 cm³/mol. The number of nitrogens with two attached hydrogens (primary N) is 1. The van der Waals surface area contributed by atoms with Crippen LogP contribution in [0.25, 0.3) is 0 Å². The highest BCUT2D eigenvalue weighted by molar-refractivity contribution is 7.10. The number of hydrogen-bond donors (Lipinski definition) is 2. The van der Waals surface area contributed by atoms with Crippen molar-refractivity contribution in [3.8, 4) is 11.5 Å². The van der Waals surface area contributed by atoms with E-state index in [-0.39, 0.29) is 12.7 Å². The highest BCUT2D eigenvalue weighted by atomic mass is 32.1. The molecule has 1 aromatic carbocycles. The number of nitrogen functional groups attached to an aromatic ring is 1. The summed E-state index contributed by atoms with van der Waals surface area (Å²) in [6, 6.07) is 5.34. The minimum Gasteiger partial charge on any atom is -0.454 e. The van der Waals surface area contributed by atoms with Crippen LogP contribution in [0.3, 0.4) is 0 Å². The standard InChI is InChI=1S/C15H16N2O3S/c1-2-9-3-4-21-14(9)7-17-15(18)10-5-12-13(6-11(10)16)20-8-19-12/h3-6H,2,7-8,16H2,1H3,(H,17,18). The first-order valence-corrected chi connectivity index (χ1v) is 7.59. The monoisotopic (exact) mass is 304 g/mol. The topological polar surface area (TPSA) is 73.6 Å². The lowest BCUT2D eigenvalue weighted by atomic mass is 10.1. The van der Waals surface area contributed by atoms with Gasteiger partial charge >= 0.3 is 0 Å². The van der Waals surface area contributed by atoms with Crippen LogP contribution in [0.4, 0.5) is 5.69 Å². The van der Waals surface area contributed by atoms with E-state index in [0.29, 0.717) is 29.3 Å². The molecule has 2 heterocycles. The largest absolute Gasteiger partial charge is 0.454 e. The first kappa shape index (κ1) is 13.8. The third-order valence-corrected chi connectivity index (χ3v) is 4.38. The molecule has 0 bridgehead atoms. The van der Waals surface area contributed by atoms with Crippen molar-refractivity contribution in [3.63, 3.8) is 0 Å². The van der Waals surface area contributed by atoms with E-state index in [0.717, 1.165) is 6.42 Å². The summed E-state index contributed by atoms with van der Waals surface area (Å²) >= 11 is 1.64. The van der Waals surface area contributed by atoms with Crippen LogP contribution in [0.5, 0.6) is 11.5 Å². The second kappa shape index (κ2) is 5.65. The number of nitrogens with one attached hydrogen (secondary N) is 1. The van der Waals surface area contributed by atoms with Crippen molar-refractivity contribution in [2.45, 2.75) is 19.9 Å². The van der Waals surface area contributed by atoms with E-state index in [1.807, 2.05) is 5.38 Å². The van der Waals surface area contributed by atoms with Gasteiger partial charge in [-0.25, -0.2) is 0 Å². The van der Waals surface area contributed by atoms with E-state index in [1.165, 1.54) is 10.4 Å². The molecule has 0 saturated heterocycles. The van der Waals surface area contributed by atoms with Gasteiger partial charge in [0.25, 0.3) is 5.91 Å². The van der Waals surface area contributed by atoms with Crippen LogP contribution in [0.2, 0.25) is 0 Å². The first-order valence-electron chi connectivity index (χ1n) is 6.71. The zero-order valence-corrected chi connectivity index (χ0v) is 12.5. The number of benzene rings is 1. The Balaban J connectivity index is 1.74. The molecule has 0 fully saturated rings. The van der Waals surface area contributed by atoms with E-state index in [2.05, 4.69) is 18.3 Å². The Bertz CT molecular complexity index is 682. The molecule has 6 heteroatoms. The Morgan fingerprint density at radius 3 is 2.90 bits per heavy atom. The number of ether oxygens (including phenoxy) is 2. The molecule has 0 radical (unpaired) electrons. The van der Waals surface area contributed by atoms with Crippen molar-refractivity contribution < 1.29 is 14.3 Å². The summed E-state index contributed by atoms with van der Waals surface area (Å²) in [5, 5.41) is 4.94. The molecule has 0 saturated carbocycles. The summed E-state index contributed by atoms with van der Waals surface area (Å²) in [6.45, 7) is 2.77. The minimum absolute atomic E-state index is 0.162. The van der Waals surface area contributed by atoms with Gasteiger partial charge < -0.3 is 20.5 Å². The normalized spacial score (nSPS) is 12.4. The molecule has 0 spiro atoms. The number of fused-ring (bicyclic) bond motifs is 1. The van der Waals surface area contributed by atoms with E-state index in [1.54, 1.807) is 23.5 Å². The van der Waals surface area contributed by atoms with Gasteiger partial charge in [-0.2, -0.15) is 0 Å². The highest BCUT2D eigenvalue weighted by Gasteiger charge is 2.19. The summed E-state index contributed by atoms with van der Waals surface area (Å²) < 4.78 is 10.5. The number of amides is 1. The molecule has 0 unspecified atom stereocenters. The molecular formula is C15H16N2O3S. The van der Waals surface area contributed by atoms with Gasteiger partial charge in [-0.05, 0) is 29.5 Å². The van der Waals surface area contributed by atoms with Gasteiger partial charge in [-0.3, -0.25) is 4.79 Å². The zero-order chi connectivity index (χ0) is 14.8. The highest BCUT2D eigenvalue weighted by Crippen LogP contribution is 2.35. The summed E-state index contributed by atoms with van der Waals surface area (Å²) in [6.07, 6.45) is 0.959. The van der Waals surface area contributed by atoms with Crippen LogP contribution in [-0.2, 0) is 13.0 Å². The second-order valence-electron chi connectivity index (χ2n) is 4.70. The number of rotatable bonds is 4. The van der Waals surface area contributed by atoms with Gasteiger partial charge in [0.15, 0.2) is 11.5 Å². The molecule has 0 atom stereocenters. The SMILES string of the molecule is CCc1ccsc1CNC(=O)c1cc2c(cc1N)OCO2. The van der Waals surface area contributed by atoms with E-state index < -0.39 is 0 Å². The summed E-state index contributed by atoms with van der Waals surface area (Å²) in [7, 11) is 0. The molecule has 1 aromatic heterocycles. The van der Waals surface area contributed by atoms with Crippen LogP contribution in [-0.4, -0.2) is 12.7 Å². The van der Waals surface area contributed by atoms with Gasteiger partial charge in [0, 0.05) is 16.6 Å². The summed E-state index contributed by atoms with van der Waals surface area (Å²) in [5.74, 6) is 0.927. The smallest absolute Gasteiger partial charge is 0.253 e. The van der Waals surface area contributed by atoms with Crippen molar-refractivity contribution in [2.24, 2.45) is 0 Å². The van der Waals surface area contributed by atoms with Crippen molar-refractivity contribution in [2.75, 3.05) is 12.5 Å². The molecule has 1 aliphatic heterocycles. The average Bonchev–Trinajstić information content (AvgIpc) is 3.11. The van der Waals surface area contributed by atoms with Crippen LogP contribution in [0.1, 0.15) is 27.7 Å². The molecule has 110 valence electrons. The predicted octanol–water partition coefficient (Wildman–Crippen LogP) is 2.55. The fourth-order valence-corrected chi connectivity index (χ4v) is 3.16. The Labute approximate surface area is 126 Å². The maximum Gasteiger partial charge on any atom is 0.253 e. The quantitative estimate of drug-likeness (QED) is 0.851. The Morgan fingerprint density at radius 1 is 1.38 bits per heavy atom. The third kappa shape index (κ3) is 2.67. The maximum atomic E-state index is 12.3. The minimum atomic E-state index is -0.207. The van der Waals surface area contributed by atoms with E-state index in [9.17, 15) is 4.79 Å². The number of aryl methyl sites for hydroxylation is 1. The van der Waals surface area contributed by atoms with Crippen molar-refractivity contribution in [3.05, 3.63) is 39.6 Å². The van der Waals surface area contributed by atoms with Crippen LogP contribution in [0, 0.1) is 0 Å². The van der Waals surface area contributed by atoms with Crippen molar-refractivity contribution in [1.29, 1.82) is 0 Å². The maximum absolute atomic E-state index is 12.3. The Morgan fingerprint density at radius 2 is 2.14 bits per heavy atom. The molecule has 5 nitrogen and oxygen atoms in total. The van der Waals surface area contributed by atoms with Crippen LogP contribution >= 0.6 is 11.3 Å². The zero-order valence-electron chi connectivity index (χ0n) is 11.6. The number of hydrogen-bond acceptors (Lipinski definition) is 5. The average molecular weight is 304 g/mol. The number of thiophene rings is 1. The van der Waals surface area contributed by atoms with Crippen LogP contribution in [0.15, 0.2) is 23.6 Å². The molecule has 2 aromatic rings. The first-order chi connectivity index (χ1) is 10.2. The molecule has 1 aliphatic rings. The van der Waals surface area contributed by atoms with E-state index >= 15 is 0 Å².